The number of aryl methyl sites for hydroxylation is 3. The first kappa shape index (κ1) is 15.4. The first-order valence-electron chi connectivity index (χ1n) is 6.49. The lowest BCUT2D eigenvalue weighted by Gasteiger charge is -2.08. The molecule has 2 aromatic rings. The Labute approximate surface area is 120 Å². The zero-order valence-electron chi connectivity index (χ0n) is 12.0. The predicted octanol–water partition coefficient (Wildman–Crippen LogP) is 3.58. The Bertz CT molecular complexity index is 686. The molecule has 0 aliphatic carbocycles. The fourth-order valence-electron chi connectivity index (χ4n) is 2.35. The summed E-state index contributed by atoms with van der Waals surface area (Å²) >= 11 is 0. The number of benzene rings is 1. The first-order chi connectivity index (χ1) is 9.69. The molecule has 1 aromatic carbocycles. The van der Waals surface area contributed by atoms with E-state index in [-0.39, 0.29) is 6.42 Å². The Balaban J connectivity index is 2.24. The van der Waals surface area contributed by atoms with Crippen molar-refractivity contribution in [3.05, 3.63) is 34.6 Å². The third-order valence-electron chi connectivity index (χ3n) is 3.46. The molecule has 0 saturated heterocycles. The van der Waals surface area contributed by atoms with Gasteiger partial charge in [0.1, 0.15) is 12.1 Å². The SMILES string of the molecule is Cc1cc(C)c2c(CC(=O)NCC(F)(F)F)coc2c1C. The lowest BCUT2D eigenvalue weighted by atomic mass is 9.99. The normalized spacial score (nSPS) is 11.9. The molecular formula is C15H16F3NO2. The van der Waals surface area contributed by atoms with E-state index >= 15 is 0 Å². The molecule has 1 aromatic heterocycles. The van der Waals surface area contributed by atoms with Gasteiger partial charge in [-0.2, -0.15) is 13.2 Å². The minimum atomic E-state index is -4.41. The van der Waals surface area contributed by atoms with Crippen LogP contribution in [0.3, 0.4) is 0 Å². The van der Waals surface area contributed by atoms with Crippen LogP contribution in [0.5, 0.6) is 0 Å². The second-order valence-corrected chi connectivity index (χ2v) is 5.17. The highest BCUT2D eigenvalue weighted by Crippen LogP contribution is 2.30. The molecule has 0 aliphatic heterocycles. The molecule has 0 fully saturated rings. The number of nitrogens with one attached hydrogen (secondary N) is 1. The van der Waals surface area contributed by atoms with Crippen molar-refractivity contribution in [2.75, 3.05) is 6.54 Å². The van der Waals surface area contributed by atoms with E-state index in [0.717, 1.165) is 22.1 Å². The molecule has 0 unspecified atom stereocenters. The van der Waals surface area contributed by atoms with Crippen molar-refractivity contribution in [3.8, 4) is 0 Å². The van der Waals surface area contributed by atoms with E-state index in [1.165, 1.54) is 6.26 Å². The second-order valence-electron chi connectivity index (χ2n) is 5.17. The van der Waals surface area contributed by atoms with E-state index in [4.69, 9.17) is 4.42 Å². The molecule has 0 bridgehead atoms. The van der Waals surface area contributed by atoms with Gasteiger partial charge < -0.3 is 9.73 Å². The molecule has 114 valence electrons. The highest BCUT2D eigenvalue weighted by Gasteiger charge is 2.27. The number of rotatable bonds is 3. The van der Waals surface area contributed by atoms with Gasteiger partial charge in [-0.1, -0.05) is 6.07 Å². The lowest BCUT2D eigenvalue weighted by molar-refractivity contribution is -0.138. The summed E-state index contributed by atoms with van der Waals surface area (Å²) in [5.74, 6) is -0.673. The number of carbonyl (C=O) groups excluding carboxylic acids is 1. The quantitative estimate of drug-likeness (QED) is 0.941. The summed E-state index contributed by atoms with van der Waals surface area (Å²) in [7, 11) is 0. The van der Waals surface area contributed by atoms with Crippen LogP contribution in [0, 0.1) is 20.8 Å². The minimum absolute atomic E-state index is 0.133. The van der Waals surface area contributed by atoms with E-state index in [0.29, 0.717) is 11.1 Å². The molecule has 2 rings (SSSR count). The molecular weight excluding hydrogens is 283 g/mol. The molecule has 0 radical (unpaired) electrons. The van der Waals surface area contributed by atoms with Crippen molar-refractivity contribution in [1.29, 1.82) is 0 Å². The first-order valence-corrected chi connectivity index (χ1v) is 6.49. The smallest absolute Gasteiger partial charge is 0.405 e. The predicted molar refractivity (Wildman–Crippen MR) is 73.2 cm³/mol. The number of furan rings is 1. The number of hydrogen-bond donors (Lipinski definition) is 1. The minimum Gasteiger partial charge on any atom is -0.464 e. The second kappa shape index (κ2) is 5.42. The van der Waals surface area contributed by atoms with Crippen molar-refractivity contribution >= 4 is 16.9 Å². The van der Waals surface area contributed by atoms with Crippen LogP contribution in [-0.2, 0) is 11.2 Å². The Hall–Kier alpha value is -1.98. The Morgan fingerprint density at radius 1 is 1.24 bits per heavy atom. The van der Waals surface area contributed by atoms with Gasteiger partial charge >= 0.3 is 6.18 Å². The Kier molecular flexibility index (Phi) is 3.98. The number of amides is 1. The van der Waals surface area contributed by atoms with E-state index in [1.54, 1.807) is 0 Å². The summed E-state index contributed by atoms with van der Waals surface area (Å²) < 4.78 is 41.7. The van der Waals surface area contributed by atoms with Crippen molar-refractivity contribution in [2.45, 2.75) is 33.4 Å². The molecule has 3 nitrogen and oxygen atoms in total. The van der Waals surface area contributed by atoms with E-state index < -0.39 is 18.6 Å². The largest absolute Gasteiger partial charge is 0.464 e. The maximum absolute atomic E-state index is 12.1. The molecule has 0 spiro atoms. The topological polar surface area (TPSA) is 42.2 Å². The molecule has 0 atom stereocenters. The van der Waals surface area contributed by atoms with Crippen molar-refractivity contribution < 1.29 is 22.4 Å². The molecule has 0 saturated carbocycles. The summed E-state index contributed by atoms with van der Waals surface area (Å²) in [5.41, 5.74) is 4.27. The third-order valence-corrected chi connectivity index (χ3v) is 3.46. The summed E-state index contributed by atoms with van der Waals surface area (Å²) in [6, 6.07) is 1.98. The average Bonchev–Trinajstić information content (AvgIpc) is 2.77. The van der Waals surface area contributed by atoms with Crippen LogP contribution >= 0.6 is 0 Å². The maximum Gasteiger partial charge on any atom is 0.405 e. The summed E-state index contributed by atoms with van der Waals surface area (Å²) in [6.45, 7) is 4.44. The lowest BCUT2D eigenvalue weighted by Crippen LogP contribution is -2.34. The number of halogens is 3. The molecule has 1 heterocycles. The van der Waals surface area contributed by atoms with Gasteiger partial charge in [0, 0.05) is 10.9 Å². The zero-order valence-corrected chi connectivity index (χ0v) is 12.0. The van der Waals surface area contributed by atoms with Gasteiger partial charge in [0.25, 0.3) is 0 Å². The van der Waals surface area contributed by atoms with Crippen LogP contribution in [0.2, 0.25) is 0 Å². The molecule has 1 amide bonds. The van der Waals surface area contributed by atoms with Gasteiger partial charge in [0.15, 0.2) is 0 Å². The van der Waals surface area contributed by atoms with Gasteiger partial charge in [0.2, 0.25) is 5.91 Å². The van der Waals surface area contributed by atoms with Crippen molar-refractivity contribution in [2.24, 2.45) is 0 Å². The molecule has 1 N–H and O–H groups in total. The van der Waals surface area contributed by atoms with Crippen LogP contribution in [0.25, 0.3) is 11.0 Å². The third kappa shape index (κ3) is 3.37. The maximum atomic E-state index is 12.1. The number of alkyl halides is 3. The Morgan fingerprint density at radius 2 is 1.90 bits per heavy atom. The van der Waals surface area contributed by atoms with Gasteiger partial charge in [0.05, 0.1) is 12.7 Å². The fraction of sp³-hybridized carbons (Fsp3) is 0.400. The summed E-state index contributed by atoms with van der Waals surface area (Å²) in [6.07, 6.45) is -3.10. The highest BCUT2D eigenvalue weighted by atomic mass is 19.4. The number of hydrogen-bond acceptors (Lipinski definition) is 2. The van der Waals surface area contributed by atoms with Gasteiger partial charge in [-0.15, -0.1) is 0 Å². The monoisotopic (exact) mass is 299 g/mol. The van der Waals surface area contributed by atoms with Crippen LogP contribution in [0.4, 0.5) is 13.2 Å². The average molecular weight is 299 g/mol. The molecule has 21 heavy (non-hydrogen) atoms. The van der Waals surface area contributed by atoms with Crippen molar-refractivity contribution in [1.82, 2.24) is 5.32 Å². The van der Waals surface area contributed by atoms with Crippen LogP contribution in [-0.4, -0.2) is 18.6 Å². The van der Waals surface area contributed by atoms with Crippen molar-refractivity contribution in [3.63, 3.8) is 0 Å². The van der Waals surface area contributed by atoms with Crippen LogP contribution in [0.15, 0.2) is 16.7 Å². The standard InChI is InChI=1S/C15H16F3NO2/c1-8-4-9(2)13-11(6-21-14(13)10(8)3)5-12(20)19-7-15(16,17)18/h4,6H,5,7H2,1-3H3,(H,19,20). The number of carbonyl (C=O) groups is 1. The molecule has 6 heteroatoms. The van der Waals surface area contributed by atoms with E-state index in [2.05, 4.69) is 0 Å². The highest BCUT2D eigenvalue weighted by molar-refractivity contribution is 5.91. The zero-order chi connectivity index (χ0) is 15.8. The summed E-state index contributed by atoms with van der Waals surface area (Å²) in [4.78, 5) is 11.6. The van der Waals surface area contributed by atoms with Crippen LogP contribution < -0.4 is 5.32 Å². The van der Waals surface area contributed by atoms with Gasteiger partial charge in [-0.3, -0.25) is 4.79 Å². The van der Waals surface area contributed by atoms with Crippen LogP contribution in [0.1, 0.15) is 22.3 Å². The van der Waals surface area contributed by atoms with E-state index in [1.807, 2.05) is 32.2 Å². The van der Waals surface area contributed by atoms with Gasteiger partial charge in [-0.05, 0) is 37.5 Å². The molecule has 0 aliphatic rings. The van der Waals surface area contributed by atoms with Gasteiger partial charge in [-0.25, -0.2) is 0 Å². The Morgan fingerprint density at radius 3 is 2.52 bits per heavy atom. The fourth-order valence-corrected chi connectivity index (χ4v) is 2.35. The summed E-state index contributed by atoms with van der Waals surface area (Å²) in [5, 5.41) is 2.67. The van der Waals surface area contributed by atoms with E-state index in [9.17, 15) is 18.0 Å². The number of fused-ring (bicyclic) bond motifs is 1.